The van der Waals surface area contributed by atoms with E-state index in [4.69, 9.17) is 1.41 Å². The highest BCUT2D eigenvalue weighted by Crippen LogP contribution is 2.39. The molecule has 0 saturated carbocycles. The smallest absolute Gasteiger partial charge is 0.407 e. The Bertz CT molecular complexity index is 1940. The van der Waals surface area contributed by atoms with Crippen molar-refractivity contribution in [2.45, 2.75) is 103 Å². The molecule has 3 aliphatic rings. The van der Waals surface area contributed by atoms with Crippen LogP contribution in [0, 0.1) is 38.0 Å². The van der Waals surface area contributed by atoms with E-state index in [1.54, 1.807) is 30.9 Å². The van der Waals surface area contributed by atoms with Gasteiger partial charge in [-0.25, -0.2) is 4.79 Å². The average molecular weight is 794 g/mol. The molecule has 0 aromatic heterocycles. The van der Waals surface area contributed by atoms with Crippen LogP contribution in [-0.2, 0) is 23.9 Å². The Hall–Kier alpha value is -5.65. The molecule has 5 rings (SSSR count). The third kappa shape index (κ3) is 9.49. The summed E-state index contributed by atoms with van der Waals surface area (Å²) < 4.78 is 13.6. The Morgan fingerprint density at radius 3 is 1.61 bits per heavy atom. The fourth-order valence-corrected chi connectivity index (χ4v) is 7.68. The average Bonchev–Trinajstić information content (AvgIpc) is 3.96. The molecule has 3 saturated heterocycles. The minimum absolute atomic E-state index is 0.0306. The molecular weight excluding hydrogens is 740 g/mol. The second-order valence-electron chi connectivity index (χ2n) is 15.6. The number of benzene rings is 2. The van der Waals surface area contributed by atoms with Gasteiger partial charge in [-0.15, -0.1) is 0 Å². The third-order valence-corrected chi connectivity index (χ3v) is 11.3. The second-order valence-corrected chi connectivity index (χ2v) is 15.6. The number of carbonyl (C=O) groups excluding carboxylic acids is 5. The molecule has 3 fully saturated rings. The van der Waals surface area contributed by atoms with E-state index in [1.165, 1.54) is 41.6 Å². The molecule has 2 aromatic carbocycles. The van der Waals surface area contributed by atoms with Crippen LogP contribution in [0.25, 0.3) is 0 Å². The second kappa shape index (κ2) is 18.1. The van der Waals surface area contributed by atoms with Crippen molar-refractivity contribution < 1.29 is 40.0 Å². The van der Waals surface area contributed by atoms with Crippen molar-refractivity contribution in [2.24, 2.45) is 17.8 Å². The zero-order chi connectivity index (χ0) is 42.6. The van der Waals surface area contributed by atoms with Gasteiger partial charge < -0.3 is 35.8 Å². The summed E-state index contributed by atoms with van der Waals surface area (Å²) in [4.78, 5) is 91.5. The molecular formula is C39H52N8O10. The zero-order valence-electron chi connectivity index (χ0n) is 34.1. The standard InChI is InChI=1S/C39H52N8O10/c1-21(2)23(5)37(50)44-17-7-9-30(44)35(48)41-28-13-11-24(19-32(28)46(53)54)26-15-16-27(40-26)25-12-14-29(33(20-25)47(55)56)42-36(49)31-10-8-18-45(31)38(51)34(22(3)4)43-39(52)57-6/h11-14,19-23,26-27,30-31,34,40H,7-10,15-18H2,1-6H3,(H,41,48)(H,42,49)(H,43,52)/i/hD. The first-order chi connectivity index (χ1) is 27.4. The van der Waals surface area contributed by atoms with E-state index in [0.29, 0.717) is 56.2 Å². The molecule has 0 bridgehead atoms. The Balaban J connectivity index is 1.29. The maximum absolute atomic E-state index is 13.5. The van der Waals surface area contributed by atoms with E-state index >= 15 is 0 Å². The van der Waals surface area contributed by atoms with Crippen LogP contribution in [0.2, 0.25) is 1.41 Å². The predicted octanol–water partition coefficient (Wildman–Crippen LogP) is 5.20. The number of nitro groups is 2. The molecule has 2 aromatic rings. The highest BCUT2D eigenvalue weighted by atomic mass is 16.6. The van der Waals surface area contributed by atoms with E-state index in [0.717, 1.165) is 0 Å². The molecule has 18 heteroatoms. The van der Waals surface area contributed by atoms with Crippen molar-refractivity contribution in [2.75, 3.05) is 30.8 Å². The number of rotatable bonds is 13. The molecule has 6 unspecified atom stereocenters. The Morgan fingerprint density at radius 2 is 1.21 bits per heavy atom. The van der Waals surface area contributed by atoms with Crippen LogP contribution in [0.3, 0.4) is 0 Å². The number of carbonyl (C=O) groups is 5. The fourth-order valence-electron chi connectivity index (χ4n) is 7.68. The lowest BCUT2D eigenvalue weighted by atomic mass is 9.96. The van der Waals surface area contributed by atoms with Gasteiger partial charge in [-0.3, -0.25) is 39.4 Å². The summed E-state index contributed by atoms with van der Waals surface area (Å²) in [6.07, 6.45) is 1.89. The maximum atomic E-state index is 13.5. The van der Waals surface area contributed by atoms with E-state index in [9.17, 15) is 44.2 Å². The summed E-state index contributed by atoms with van der Waals surface area (Å²) in [5, 5.41) is 33.6. The van der Waals surface area contributed by atoms with Gasteiger partial charge >= 0.3 is 6.09 Å². The Kier molecular flexibility index (Phi) is 13.0. The lowest BCUT2D eigenvalue weighted by Gasteiger charge is -2.30. The number of nitro benzene ring substituents is 2. The molecule has 4 N–H and O–H groups in total. The number of likely N-dealkylation sites (tertiary alicyclic amines) is 2. The van der Waals surface area contributed by atoms with Crippen LogP contribution in [-0.4, -0.2) is 87.7 Å². The minimum atomic E-state index is -0.952. The lowest BCUT2D eigenvalue weighted by Crippen LogP contribution is -2.54. The third-order valence-electron chi connectivity index (χ3n) is 11.3. The van der Waals surface area contributed by atoms with E-state index in [1.807, 2.05) is 20.8 Å². The first-order valence-electron chi connectivity index (χ1n) is 19.8. The first kappa shape index (κ1) is 41.0. The van der Waals surface area contributed by atoms with Gasteiger partial charge in [-0.05, 0) is 73.6 Å². The van der Waals surface area contributed by atoms with Crippen LogP contribution >= 0.6 is 0 Å². The maximum Gasteiger partial charge on any atom is 0.407 e. The Labute approximate surface area is 332 Å². The fraction of sp³-hybridized carbons (Fsp3) is 0.564. The number of hydrogen-bond acceptors (Lipinski definition) is 11. The molecule has 3 heterocycles. The van der Waals surface area contributed by atoms with E-state index in [-0.39, 0.29) is 47.3 Å². The van der Waals surface area contributed by atoms with Crippen LogP contribution < -0.4 is 21.3 Å². The van der Waals surface area contributed by atoms with Crippen LogP contribution in [0.5, 0.6) is 0 Å². The number of amides is 5. The highest BCUT2D eigenvalue weighted by molar-refractivity contribution is 6.00. The van der Waals surface area contributed by atoms with Crippen molar-refractivity contribution in [1.29, 1.82) is 0 Å². The van der Waals surface area contributed by atoms with Crippen LogP contribution in [0.4, 0.5) is 27.5 Å². The van der Waals surface area contributed by atoms with Crippen molar-refractivity contribution >= 4 is 52.5 Å². The van der Waals surface area contributed by atoms with Gasteiger partial charge in [0.05, 0.1) is 17.0 Å². The SMILES string of the molecule is [2H]N1C(c2ccc(NC(=O)C3CCCN3C(=O)C(C)C(C)C)c([N+](=O)[O-])c2)CCC1c1ccc(NC(=O)C2CCCN2C(=O)C(NC(=O)OC)C(C)C)c([N+](=O)[O-])c1. The molecule has 0 aliphatic carbocycles. The molecule has 308 valence electrons. The summed E-state index contributed by atoms with van der Waals surface area (Å²) in [5.74, 6) is -2.27. The molecule has 57 heavy (non-hydrogen) atoms. The quantitative estimate of drug-likeness (QED) is 0.152. The minimum Gasteiger partial charge on any atom is -0.453 e. The largest absolute Gasteiger partial charge is 0.453 e. The number of nitrogens with one attached hydrogen (secondary N) is 4. The molecule has 6 atom stereocenters. The number of methoxy groups -OCH3 is 1. The van der Waals surface area contributed by atoms with Crippen LogP contribution in [0.15, 0.2) is 36.4 Å². The monoisotopic (exact) mass is 793 g/mol. The molecule has 0 radical (unpaired) electrons. The summed E-state index contributed by atoms with van der Waals surface area (Å²) in [5.41, 5.74) is -0.0349. The molecule has 18 nitrogen and oxygen atoms in total. The normalized spacial score (nSPS) is 22.2. The van der Waals surface area contributed by atoms with Crippen molar-refractivity contribution in [1.82, 2.24) is 20.4 Å². The zero-order valence-corrected chi connectivity index (χ0v) is 33.1. The van der Waals surface area contributed by atoms with Crippen molar-refractivity contribution in [3.63, 3.8) is 0 Å². The van der Waals surface area contributed by atoms with Crippen molar-refractivity contribution in [3.05, 3.63) is 67.8 Å². The molecule has 3 aliphatic heterocycles. The topological polar surface area (TPSA) is 235 Å². The summed E-state index contributed by atoms with van der Waals surface area (Å²) >= 11 is 0. The molecule has 5 amide bonds. The number of anilines is 2. The predicted molar refractivity (Wildman–Crippen MR) is 209 cm³/mol. The summed E-state index contributed by atoms with van der Waals surface area (Å²) in [6.45, 7) is 9.85. The lowest BCUT2D eigenvalue weighted by molar-refractivity contribution is -0.384. The first-order valence-corrected chi connectivity index (χ1v) is 19.4. The number of alkyl carbamates (subject to hydrolysis) is 1. The van der Waals surface area contributed by atoms with Gasteiger partial charge in [0.15, 0.2) is 0 Å². The van der Waals surface area contributed by atoms with Gasteiger partial charge in [0.2, 0.25) is 23.6 Å². The van der Waals surface area contributed by atoms with Gasteiger partial charge in [0.1, 0.15) is 30.9 Å². The van der Waals surface area contributed by atoms with E-state index < -0.39 is 69.6 Å². The number of ether oxygens (including phenoxy) is 1. The van der Waals surface area contributed by atoms with Gasteiger partial charge in [0, 0.05) is 43.2 Å². The highest BCUT2D eigenvalue weighted by Gasteiger charge is 2.40. The van der Waals surface area contributed by atoms with Gasteiger partial charge in [-0.2, -0.15) is 0 Å². The molecule has 0 spiro atoms. The van der Waals surface area contributed by atoms with Gasteiger partial charge in [-0.1, -0.05) is 46.8 Å². The number of nitrogens with zero attached hydrogens (tertiary/aromatic N) is 4. The van der Waals surface area contributed by atoms with Crippen LogP contribution in [0.1, 0.15) is 96.4 Å². The van der Waals surface area contributed by atoms with E-state index in [2.05, 4.69) is 20.7 Å². The van der Waals surface area contributed by atoms with Crippen molar-refractivity contribution in [3.8, 4) is 0 Å². The van der Waals surface area contributed by atoms with Gasteiger partial charge in [0.25, 0.3) is 11.4 Å². The Morgan fingerprint density at radius 1 is 0.754 bits per heavy atom. The summed E-state index contributed by atoms with van der Waals surface area (Å²) in [6, 6.07) is 4.68. The summed E-state index contributed by atoms with van der Waals surface area (Å²) in [7, 11) is 1.18. The number of hydrogen-bond donors (Lipinski definition) is 4.